The zero-order valence-corrected chi connectivity index (χ0v) is 12.0. The number of nitrogens with zero attached hydrogens (tertiary/aromatic N) is 2. The van der Waals surface area contributed by atoms with Gasteiger partial charge in [-0.25, -0.2) is 4.79 Å². The molecule has 0 saturated carbocycles. The Morgan fingerprint density at radius 1 is 1.62 bits per heavy atom. The van der Waals surface area contributed by atoms with Gasteiger partial charge in [0.2, 0.25) is 0 Å². The molecule has 0 bridgehead atoms. The summed E-state index contributed by atoms with van der Waals surface area (Å²) in [5.41, 5.74) is 0.840. The number of benzene rings is 1. The smallest absolute Gasteiger partial charge is 0.317 e. The number of hydrogen-bond donors (Lipinski definition) is 2. The third-order valence-corrected chi connectivity index (χ3v) is 3.58. The Kier molecular flexibility index (Phi) is 4.88. The molecule has 2 N–H and O–H groups in total. The van der Waals surface area contributed by atoms with Crippen molar-refractivity contribution in [3.8, 4) is 17.6 Å². The maximum atomic E-state index is 12.1. The van der Waals surface area contributed by atoms with E-state index in [1.54, 1.807) is 17.0 Å². The minimum absolute atomic E-state index is 0.0699. The number of rotatable bonds is 3. The zero-order valence-electron chi connectivity index (χ0n) is 12.0. The fraction of sp³-hybridized carbons (Fsp3) is 0.467. The lowest BCUT2D eigenvalue weighted by Gasteiger charge is -2.29. The summed E-state index contributed by atoms with van der Waals surface area (Å²) in [7, 11) is 1.48. The molecule has 0 spiro atoms. The summed E-state index contributed by atoms with van der Waals surface area (Å²) in [5.74, 6) is 0.378. The molecule has 6 nitrogen and oxygen atoms in total. The van der Waals surface area contributed by atoms with Gasteiger partial charge in [0.05, 0.1) is 19.1 Å². The van der Waals surface area contributed by atoms with E-state index < -0.39 is 0 Å². The lowest BCUT2D eigenvalue weighted by atomic mass is 10.0. The van der Waals surface area contributed by atoms with Crippen molar-refractivity contribution >= 4 is 6.03 Å². The van der Waals surface area contributed by atoms with Gasteiger partial charge >= 0.3 is 6.03 Å². The van der Waals surface area contributed by atoms with Crippen molar-refractivity contribution in [2.45, 2.75) is 19.4 Å². The number of phenols is 1. The van der Waals surface area contributed by atoms with E-state index in [0.29, 0.717) is 25.4 Å². The van der Waals surface area contributed by atoms with Crippen LogP contribution in [0.15, 0.2) is 18.2 Å². The van der Waals surface area contributed by atoms with Gasteiger partial charge in [0, 0.05) is 19.6 Å². The third kappa shape index (κ3) is 3.78. The summed E-state index contributed by atoms with van der Waals surface area (Å²) in [5, 5.41) is 21.3. The first-order valence-corrected chi connectivity index (χ1v) is 6.92. The van der Waals surface area contributed by atoms with Crippen molar-refractivity contribution in [1.82, 2.24) is 10.2 Å². The number of methoxy groups -OCH3 is 1. The molecule has 0 radical (unpaired) electrons. The average Bonchev–Trinajstić information content (AvgIpc) is 2.53. The van der Waals surface area contributed by atoms with Crippen LogP contribution in [-0.4, -0.2) is 36.2 Å². The van der Waals surface area contributed by atoms with Crippen LogP contribution in [0.5, 0.6) is 11.5 Å². The van der Waals surface area contributed by atoms with Crippen LogP contribution in [0.3, 0.4) is 0 Å². The minimum Gasteiger partial charge on any atom is -0.504 e. The predicted octanol–water partition coefficient (Wildman–Crippen LogP) is 1.85. The summed E-state index contributed by atoms with van der Waals surface area (Å²) < 4.78 is 5.03. The number of ether oxygens (including phenoxy) is 1. The van der Waals surface area contributed by atoms with E-state index in [9.17, 15) is 9.90 Å². The molecule has 112 valence electrons. The predicted molar refractivity (Wildman–Crippen MR) is 76.8 cm³/mol. The monoisotopic (exact) mass is 289 g/mol. The fourth-order valence-electron chi connectivity index (χ4n) is 2.39. The van der Waals surface area contributed by atoms with Crippen molar-refractivity contribution in [3.05, 3.63) is 23.8 Å². The number of hydrogen-bond acceptors (Lipinski definition) is 4. The molecule has 6 heteroatoms. The number of likely N-dealkylation sites (tertiary alicyclic amines) is 1. The van der Waals surface area contributed by atoms with Gasteiger partial charge in [-0.15, -0.1) is 0 Å². The Balaban J connectivity index is 1.90. The Labute approximate surface area is 123 Å². The molecule has 0 aromatic heterocycles. The van der Waals surface area contributed by atoms with Crippen LogP contribution in [0.25, 0.3) is 0 Å². The van der Waals surface area contributed by atoms with Gasteiger partial charge in [0.15, 0.2) is 11.5 Å². The van der Waals surface area contributed by atoms with Gasteiger partial charge in [-0.2, -0.15) is 5.26 Å². The van der Waals surface area contributed by atoms with Gasteiger partial charge in [0.1, 0.15) is 0 Å². The summed E-state index contributed by atoms with van der Waals surface area (Å²) in [6.45, 7) is 1.52. The van der Waals surface area contributed by atoms with Gasteiger partial charge in [0.25, 0.3) is 0 Å². The van der Waals surface area contributed by atoms with Crippen LogP contribution in [-0.2, 0) is 6.54 Å². The van der Waals surface area contributed by atoms with Crippen LogP contribution in [0.2, 0.25) is 0 Å². The normalized spacial score (nSPS) is 17.9. The SMILES string of the molecule is COc1cc(CNC(=O)N2CCC[C@H](C#N)C2)ccc1O. The molecular formula is C15H19N3O3. The molecule has 1 atom stereocenters. The number of carbonyl (C=O) groups excluding carboxylic acids is 1. The maximum Gasteiger partial charge on any atom is 0.317 e. The molecule has 1 heterocycles. The van der Waals surface area contributed by atoms with Crippen LogP contribution in [0.1, 0.15) is 18.4 Å². The molecule has 2 rings (SSSR count). The molecule has 1 saturated heterocycles. The second kappa shape index (κ2) is 6.84. The number of nitrogens with one attached hydrogen (secondary N) is 1. The largest absolute Gasteiger partial charge is 0.504 e. The average molecular weight is 289 g/mol. The van der Waals surface area contributed by atoms with E-state index in [1.165, 1.54) is 13.2 Å². The Morgan fingerprint density at radius 2 is 2.43 bits per heavy atom. The zero-order chi connectivity index (χ0) is 15.2. The molecule has 0 unspecified atom stereocenters. The fourth-order valence-corrected chi connectivity index (χ4v) is 2.39. The van der Waals surface area contributed by atoms with Crippen LogP contribution < -0.4 is 10.1 Å². The van der Waals surface area contributed by atoms with E-state index >= 15 is 0 Å². The Morgan fingerprint density at radius 3 is 3.14 bits per heavy atom. The van der Waals surface area contributed by atoms with Crippen LogP contribution in [0.4, 0.5) is 4.79 Å². The second-order valence-electron chi connectivity index (χ2n) is 5.08. The van der Waals surface area contributed by atoms with Crippen LogP contribution in [0, 0.1) is 17.2 Å². The van der Waals surface area contributed by atoms with Crippen molar-refractivity contribution in [3.63, 3.8) is 0 Å². The number of aromatic hydroxyl groups is 1. The molecule has 1 aliphatic rings. The molecule has 1 aromatic carbocycles. The van der Waals surface area contributed by atoms with E-state index in [0.717, 1.165) is 18.4 Å². The Bertz CT molecular complexity index is 554. The first kappa shape index (κ1) is 15.0. The summed E-state index contributed by atoms with van der Waals surface area (Å²) in [6, 6.07) is 7.00. The van der Waals surface area contributed by atoms with Crippen molar-refractivity contribution in [2.75, 3.05) is 20.2 Å². The molecule has 1 fully saturated rings. The van der Waals surface area contributed by atoms with Gasteiger partial charge in [-0.05, 0) is 30.5 Å². The molecule has 2 amide bonds. The molecule has 21 heavy (non-hydrogen) atoms. The number of piperidine rings is 1. The number of amides is 2. The summed E-state index contributed by atoms with van der Waals surface area (Å²) in [4.78, 5) is 13.8. The second-order valence-corrected chi connectivity index (χ2v) is 5.08. The first-order valence-electron chi connectivity index (χ1n) is 6.92. The summed E-state index contributed by atoms with van der Waals surface area (Å²) >= 11 is 0. The maximum absolute atomic E-state index is 12.1. The van der Waals surface area contributed by atoms with Crippen molar-refractivity contribution in [2.24, 2.45) is 5.92 Å². The first-order chi connectivity index (χ1) is 10.1. The number of phenolic OH excluding ortho intramolecular Hbond substituents is 1. The number of carbonyl (C=O) groups is 1. The molecular weight excluding hydrogens is 270 g/mol. The Hall–Kier alpha value is -2.42. The quantitative estimate of drug-likeness (QED) is 0.889. The van der Waals surface area contributed by atoms with E-state index in [4.69, 9.17) is 10.00 Å². The van der Waals surface area contributed by atoms with Crippen molar-refractivity contribution < 1.29 is 14.6 Å². The highest BCUT2D eigenvalue weighted by Gasteiger charge is 2.23. The standard InChI is InChI=1S/C15H19N3O3/c1-21-14-7-11(4-5-13(14)19)9-17-15(20)18-6-2-3-12(8-16)10-18/h4-5,7,12,19H,2-3,6,9-10H2,1H3,(H,17,20)/t12-/m1/s1. The third-order valence-electron chi connectivity index (χ3n) is 3.58. The summed E-state index contributed by atoms with van der Waals surface area (Å²) in [6.07, 6.45) is 1.72. The van der Waals surface area contributed by atoms with E-state index in [1.807, 2.05) is 0 Å². The number of urea groups is 1. The van der Waals surface area contributed by atoms with E-state index in [-0.39, 0.29) is 17.7 Å². The van der Waals surface area contributed by atoms with E-state index in [2.05, 4.69) is 11.4 Å². The molecule has 1 aromatic rings. The molecule has 1 aliphatic heterocycles. The highest BCUT2D eigenvalue weighted by Crippen LogP contribution is 2.26. The lowest BCUT2D eigenvalue weighted by molar-refractivity contribution is 0.176. The van der Waals surface area contributed by atoms with Gasteiger partial charge in [-0.1, -0.05) is 6.07 Å². The topological polar surface area (TPSA) is 85.6 Å². The highest BCUT2D eigenvalue weighted by molar-refractivity contribution is 5.74. The van der Waals surface area contributed by atoms with Crippen molar-refractivity contribution in [1.29, 1.82) is 5.26 Å². The van der Waals surface area contributed by atoms with Gasteiger partial charge < -0.3 is 20.1 Å². The minimum atomic E-state index is -0.165. The number of nitriles is 1. The van der Waals surface area contributed by atoms with Crippen LogP contribution >= 0.6 is 0 Å². The van der Waals surface area contributed by atoms with Gasteiger partial charge in [-0.3, -0.25) is 0 Å². The lowest BCUT2D eigenvalue weighted by Crippen LogP contribution is -2.45. The molecule has 0 aliphatic carbocycles. The highest BCUT2D eigenvalue weighted by atomic mass is 16.5.